The number of hydrogen-bond acceptors (Lipinski definition) is 6. The molecule has 2 heterocycles. The van der Waals surface area contributed by atoms with Gasteiger partial charge in [0.25, 0.3) is 6.04 Å². The van der Waals surface area contributed by atoms with Crippen molar-refractivity contribution in [1.82, 2.24) is 4.90 Å². The molecular weight excluding hydrogens is 422 g/mol. The standard InChI is InChI=1S/C22H20ClN3O3S/c23-16-8-6-15(7-9-16)21(27)20-19-17(26(28)29)12-25(13-18(19)30-22(20)24)11-10-14-4-2-1-3-5-14/h1-9,17H,10-13,24H2. The number of carbonyl (C=O) groups is 1. The fourth-order valence-corrected chi connectivity index (χ4v) is 5.13. The summed E-state index contributed by atoms with van der Waals surface area (Å²) in [6, 6.07) is 15.5. The van der Waals surface area contributed by atoms with E-state index >= 15 is 0 Å². The highest BCUT2D eigenvalue weighted by Gasteiger charge is 2.40. The minimum atomic E-state index is -0.982. The van der Waals surface area contributed by atoms with Crippen LogP contribution in [0.3, 0.4) is 0 Å². The maximum Gasteiger partial charge on any atom is 0.252 e. The van der Waals surface area contributed by atoms with Crippen molar-refractivity contribution in [2.24, 2.45) is 0 Å². The van der Waals surface area contributed by atoms with Crippen LogP contribution in [0.4, 0.5) is 5.00 Å². The van der Waals surface area contributed by atoms with Crippen molar-refractivity contribution in [1.29, 1.82) is 0 Å². The first-order valence-corrected chi connectivity index (χ1v) is 10.7. The monoisotopic (exact) mass is 441 g/mol. The minimum Gasteiger partial charge on any atom is -0.390 e. The van der Waals surface area contributed by atoms with Crippen molar-refractivity contribution in [3.05, 3.63) is 96.9 Å². The molecule has 0 saturated heterocycles. The van der Waals surface area contributed by atoms with Crippen molar-refractivity contribution >= 4 is 33.7 Å². The second-order valence-corrected chi connectivity index (χ2v) is 8.86. The molecule has 0 fully saturated rings. The zero-order chi connectivity index (χ0) is 21.3. The van der Waals surface area contributed by atoms with Crippen LogP contribution in [0.1, 0.15) is 38.0 Å². The maximum atomic E-state index is 13.1. The number of benzene rings is 2. The average molecular weight is 442 g/mol. The van der Waals surface area contributed by atoms with Crippen LogP contribution in [-0.4, -0.2) is 28.7 Å². The third-order valence-corrected chi connectivity index (χ3v) is 6.60. The number of nitrogen functional groups attached to an aromatic ring is 1. The Bertz CT molecular complexity index is 1080. The van der Waals surface area contributed by atoms with Crippen LogP contribution in [-0.2, 0) is 13.0 Å². The molecule has 8 heteroatoms. The van der Waals surface area contributed by atoms with Gasteiger partial charge in [0.2, 0.25) is 0 Å². The van der Waals surface area contributed by atoms with Gasteiger partial charge in [0, 0.05) is 33.5 Å². The number of nitro groups is 1. The Labute approximate surface area is 183 Å². The first-order chi connectivity index (χ1) is 14.4. The SMILES string of the molecule is Nc1sc2c(c1C(=O)c1ccc(Cl)cc1)C([N+](=O)[O-])CN(CCc1ccccc1)C2. The van der Waals surface area contributed by atoms with E-state index in [2.05, 4.69) is 4.90 Å². The topological polar surface area (TPSA) is 89.5 Å². The second-order valence-electron chi connectivity index (χ2n) is 7.29. The summed E-state index contributed by atoms with van der Waals surface area (Å²) >= 11 is 7.19. The lowest BCUT2D eigenvalue weighted by molar-refractivity contribution is -0.530. The molecule has 1 aliphatic rings. The Kier molecular flexibility index (Phi) is 5.85. The zero-order valence-electron chi connectivity index (χ0n) is 16.1. The molecule has 1 aromatic heterocycles. The molecule has 6 nitrogen and oxygen atoms in total. The number of rotatable bonds is 6. The molecule has 0 saturated carbocycles. The molecule has 0 bridgehead atoms. The zero-order valence-corrected chi connectivity index (χ0v) is 17.7. The lowest BCUT2D eigenvalue weighted by atomic mass is 9.93. The number of fused-ring (bicyclic) bond motifs is 1. The summed E-state index contributed by atoms with van der Waals surface area (Å²) in [5, 5.41) is 12.8. The third-order valence-electron chi connectivity index (χ3n) is 5.33. The summed E-state index contributed by atoms with van der Waals surface area (Å²) < 4.78 is 0. The number of carbonyl (C=O) groups excluding carboxylic acids is 1. The van der Waals surface area contributed by atoms with Crippen molar-refractivity contribution in [3.63, 3.8) is 0 Å². The van der Waals surface area contributed by atoms with Crippen molar-refractivity contribution in [3.8, 4) is 0 Å². The van der Waals surface area contributed by atoms with Crippen LogP contribution in [0, 0.1) is 10.1 Å². The van der Waals surface area contributed by atoms with Gasteiger partial charge in [-0.05, 0) is 36.2 Å². The van der Waals surface area contributed by atoms with Gasteiger partial charge in [-0.15, -0.1) is 11.3 Å². The Morgan fingerprint density at radius 3 is 2.57 bits per heavy atom. The number of ketones is 1. The molecule has 2 aromatic carbocycles. The number of thiophene rings is 1. The van der Waals surface area contributed by atoms with Crippen LogP contribution in [0.15, 0.2) is 54.6 Å². The van der Waals surface area contributed by atoms with E-state index in [4.69, 9.17) is 17.3 Å². The molecule has 2 N–H and O–H groups in total. The summed E-state index contributed by atoms with van der Waals surface area (Å²) in [7, 11) is 0. The summed E-state index contributed by atoms with van der Waals surface area (Å²) in [4.78, 5) is 27.6. The number of nitrogens with zero attached hydrogens (tertiary/aromatic N) is 2. The predicted octanol–water partition coefficient (Wildman–Crippen LogP) is 4.59. The molecule has 0 spiro atoms. The molecule has 30 heavy (non-hydrogen) atoms. The molecule has 1 atom stereocenters. The molecule has 3 aromatic rings. The Morgan fingerprint density at radius 2 is 1.90 bits per heavy atom. The van der Waals surface area contributed by atoms with Crippen LogP contribution in [0.2, 0.25) is 5.02 Å². The minimum absolute atomic E-state index is 0.254. The summed E-state index contributed by atoms with van der Waals surface area (Å²) in [6.45, 7) is 1.51. The lowest BCUT2D eigenvalue weighted by Crippen LogP contribution is -2.37. The number of anilines is 1. The number of halogens is 1. The van der Waals surface area contributed by atoms with Gasteiger partial charge in [-0.3, -0.25) is 19.8 Å². The van der Waals surface area contributed by atoms with Gasteiger partial charge < -0.3 is 5.73 Å². The van der Waals surface area contributed by atoms with Gasteiger partial charge in [0.15, 0.2) is 5.78 Å². The van der Waals surface area contributed by atoms with Crippen LogP contribution in [0.25, 0.3) is 0 Å². The Balaban J connectivity index is 1.63. The predicted molar refractivity (Wildman–Crippen MR) is 119 cm³/mol. The summed E-state index contributed by atoms with van der Waals surface area (Å²) in [5.41, 5.74) is 8.53. The first-order valence-electron chi connectivity index (χ1n) is 9.55. The molecule has 1 unspecified atom stereocenters. The summed E-state index contributed by atoms with van der Waals surface area (Å²) in [6.07, 6.45) is 0.804. The van der Waals surface area contributed by atoms with E-state index in [1.807, 2.05) is 30.3 Å². The van der Waals surface area contributed by atoms with Gasteiger partial charge >= 0.3 is 0 Å². The Hall–Kier alpha value is -2.74. The highest BCUT2D eigenvalue weighted by molar-refractivity contribution is 7.16. The average Bonchev–Trinajstić information content (AvgIpc) is 3.07. The van der Waals surface area contributed by atoms with E-state index < -0.39 is 6.04 Å². The fraction of sp³-hybridized carbons (Fsp3) is 0.227. The molecule has 0 radical (unpaired) electrons. The maximum absolute atomic E-state index is 13.1. The largest absolute Gasteiger partial charge is 0.390 e. The molecular formula is C22H20ClN3O3S. The highest BCUT2D eigenvalue weighted by Crippen LogP contribution is 2.41. The highest BCUT2D eigenvalue weighted by atomic mass is 35.5. The van der Waals surface area contributed by atoms with E-state index in [0.29, 0.717) is 34.2 Å². The van der Waals surface area contributed by atoms with Gasteiger partial charge in [0.05, 0.1) is 22.7 Å². The van der Waals surface area contributed by atoms with Gasteiger partial charge in [-0.1, -0.05) is 41.9 Å². The number of hydrogen-bond donors (Lipinski definition) is 1. The van der Waals surface area contributed by atoms with Crippen molar-refractivity contribution in [2.75, 3.05) is 18.8 Å². The second kappa shape index (κ2) is 8.55. The molecule has 154 valence electrons. The smallest absolute Gasteiger partial charge is 0.252 e. The van der Waals surface area contributed by atoms with Crippen molar-refractivity contribution in [2.45, 2.75) is 19.0 Å². The van der Waals surface area contributed by atoms with Crippen LogP contribution < -0.4 is 5.73 Å². The van der Waals surface area contributed by atoms with E-state index in [1.165, 1.54) is 16.9 Å². The molecule has 1 aliphatic heterocycles. The summed E-state index contributed by atoms with van der Waals surface area (Å²) in [5.74, 6) is -0.300. The van der Waals surface area contributed by atoms with Gasteiger partial charge in [-0.25, -0.2) is 0 Å². The third kappa shape index (κ3) is 4.09. The normalized spacial score (nSPS) is 16.2. The van der Waals surface area contributed by atoms with E-state index in [-0.39, 0.29) is 22.8 Å². The first kappa shape index (κ1) is 20.5. The molecule has 0 amide bonds. The van der Waals surface area contributed by atoms with E-state index in [1.54, 1.807) is 24.3 Å². The lowest BCUT2D eigenvalue weighted by Gasteiger charge is -2.29. The van der Waals surface area contributed by atoms with Crippen LogP contribution in [0.5, 0.6) is 0 Å². The Morgan fingerprint density at radius 1 is 1.20 bits per heavy atom. The van der Waals surface area contributed by atoms with Crippen molar-refractivity contribution < 1.29 is 9.72 Å². The molecule has 4 rings (SSSR count). The van der Waals surface area contributed by atoms with Gasteiger partial charge in [0.1, 0.15) is 0 Å². The van der Waals surface area contributed by atoms with E-state index in [9.17, 15) is 14.9 Å². The van der Waals surface area contributed by atoms with Gasteiger partial charge in [-0.2, -0.15) is 0 Å². The number of nitrogens with two attached hydrogens (primary N) is 1. The van der Waals surface area contributed by atoms with E-state index in [0.717, 1.165) is 11.3 Å². The van der Waals surface area contributed by atoms with Crippen LogP contribution >= 0.6 is 22.9 Å². The fourth-order valence-electron chi connectivity index (χ4n) is 3.84. The quantitative estimate of drug-likeness (QED) is 0.343. The molecule has 0 aliphatic carbocycles.